The summed E-state index contributed by atoms with van der Waals surface area (Å²) in [6.07, 6.45) is 52.5. The van der Waals surface area contributed by atoms with Gasteiger partial charge in [-0.3, -0.25) is 9.59 Å². The highest BCUT2D eigenvalue weighted by atomic mass is 16.7. The third-order valence-electron chi connectivity index (χ3n) is 11.6. The van der Waals surface area contributed by atoms with Gasteiger partial charge in [0.15, 0.2) is 6.29 Å². The van der Waals surface area contributed by atoms with Crippen LogP contribution in [0.1, 0.15) is 252 Å². The molecule has 0 aliphatic heterocycles. The molecule has 7 nitrogen and oxygen atoms in total. The van der Waals surface area contributed by atoms with Gasteiger partial charge in [0.1, 0.15) is 12.2 Å². The Hall–Kier alpha value is -1.96. The smallest absolute Gasteiger partial charge is 0.306 e. The van der Waals surface area contributed by atoms with Crippen LogP contribution in [0, 0.1) is 0 Å². The van der Waals surface area contributed by atoms with Gasteiger partial charge < -0.3 is 23.8 Å². The Morgan fingerprint density at radius 2 is 0.855 bits per heavy atom. The molecule has 0 aliphatic rings. The monoisotopic (exact) mass is 874 g/mol. The summed E-state index contributed by atoms with van der Waals surface area (Å²) < 4.78 is 24.0. The minimum absolute atomic E-state index is 0.0358. The topological polar surface area (TPSA) is 74.3 Å². The van der Waals surface area contributed by atoms with Crippen molar-refractivity contribution in [3.63, 3.8) is 0 Å². The summed E-state index contributed by atoms with van der Waals surface area (Å²) in [5.41, 5.74) is 0. The fraction of sp³-hybridized carbons (Fsp3) is 0.855. The summed E-state index contributed by atoms with van der Waals surface area (Å²) in [4.78, 5) is 27.1. The first-order valence-corrected chi connectivity index (χ1v) is 26.6. The van der Waals surface area contributed by atoms with E-state index in [0.717, 1.165) is 90.0 Å². The van der Waals surface area contributed by atoms with Crippen LogP contribution in [0.15, 0.2) is 36.5 Å². The standard InChI is InChI=1S/C55H103NO6/c1-7-10-13-16-25-32-39-49-59-55(60-50-40-33-26-17-14-11-8-2)47-38-31-24-20-22-29-36-44-52(62-54(58)46-41-48-56(5)6)43-35-28-21-19-23-30-37-45-53(57)61-51(4)42-34-27-18-15-12-9-3/h32-34,39-40,42,51-52,55H,7-31,35-38,41,43-50H2,1-6H3. The highest BCUT2D eigenvalue weighted by Crippen LogP contribution is 2.19. The summed E-state index contributed by atoms with van der Waals surface area (Å²) in [6.45, 7) is 10.9. The van der Waals surface area contributed by atoms with Gasteiger partial charge in [-0.15, -0.1) is 0 Å². The maximum absolute atomic E-state index is 12.7. The molecule has 0 bridgehead atoms. The highest BCUT2D eigenvalue weighted by molar-refractivity contribution is 5.69. The summed E-state index contributed by atoms with van der Waals surface area (Å²) in [6, 6.07) is 0. The SMILES string of the molecule is CCCCCCC=CCOC(CCCCCCCCCC(CCCCCCCCCC(=O)OC(C)C=CCCCCCC)OC(=O)CCCN(C)C)OCC=CCCCCCC. The number of unbranched alkanes of at least 4 members (excludes halogenated alkanes) is 24. The van der Waals surface area contributed by atoms with E-state index in [1.807, 2.05) is 27.1 Å². The molecule has 0 aromatic rings. The van der Waals surface area contributed by atoms with Crippen molar-refractivity contribution in [1.29, 1.82) is 0 Å². The summed E-state index contributed by atoms with van der Waals surface area (Å²) in [7, 11) is 4.09. The van der Waals surface area contributed by atoms with Crippen molar-refractivity contribution in [2.75, 3.05) is 33.9 Å². The van der Waals surface area contributed by atoms with Crippen LogP contribution in [0.5, 0.6) is 0 Å². The van der Waals surface area contributed by atoms with Crippen LogP contribution < -0.4 is 0 Å². The molecule has 2 unspecified atom stereocenters. The molecular formula is C55H103NO6. The van der Waals surface area contributed by atoms with Crippen molar-refractivity contribution in [2.24, 2.45) is 0 Å². The first-order chi connectivity index (χ1) is 30.3. The van der Waals surface area contributed by atoms with E-state index in [0.29, 0.717) is 26.1 Å². The Kier molecular flexibility index (Phi) is 47.0. The molecule has 0 aromatic heterocycles. The van der Waals surface area contributed by atoms with E-state index in [-0.39, 0.29) is 30.4 Å². The zero-order valence-corrected chi connectivity index (χ0v) is 42.0. The largest absolute Gasteiger partial charge is 0.462 e. The van der Waals surface area contributed by atoms with Crippen molar-refractivity contribution in [3.05, 3.63) is 36.5 Å². The van der Waals surface area contributed by atoms with Crippen molar-refractivity contribution in [1.82, 2.24) is 4.90 Å². The number of esters is 2. The highest BCUT2D eigenvalue weighted by Gasteiger charge is 2.15. The van der Waals surface area contributed by atoms with Crippen LogP contribution in [0.4, 0.5) is 0 Å². The molecular weight excluding hydrogens is 771 g/mol. The molecule has 0 N–H and O–H groups in total. The molecule has 7 heteroatoms. The molecule has 0 amide bonds. The molecule has 0 saturated carbocycles. The molecule has 62 heavy (non-hydrogen) atoms. The van der Waals surface area contributed by atoms with Gasteiger partial charge in [-0.2, -0.15) is 0 Å². The van der Waals surface area contributed by atoms with Crippen LogP contribution in [-0.2, 0) is 28.5 Å². The Labute approximate surface area is 385 Å². The molecule has 0 aliphatic carbocycles. The van der Waals surface area contributed by atoms with Crippen LogP contribution >= 0.6 is 0 Å². The van der Waals surface area contributed by atoms with E-state index >= 15 is 0 Å². The quantitative estimate of drug-likeness (QED) is 0.0261. The molecule has 0 heterocycles. The third kappa shape index (κ3) is 46.0. The predicted octanol–water partition coefficient (Wildman–Crippen LogP) is 16.1. The van der Waals surface area contributed by atoms with E-state index in [2.05, 4.69) is 56.1 Å². The molecule has 0 spiro atoms. The lowest BCUT2D eigenvalue weighted by atomic mass is 10.0. The lowest BCUT2D eigenvalue weighted by molar-refractivity contribution is -0.150. The van der Waals surface area contributed by atoms with Gasteiger partial charge in [0.2, 0.25) is 0 Å². The summed E-state index contributed by atoms with van der Waals surface area (Å²) in [5, 5.41) is 0. The van der Waals surface area contributed by atoms with E-state index < -0.39 is 0 Å². The normalized spacial score (nSPS) is 13.5. The second-order valence-electron chi connectivity index (χ2n) is 18.3. The van der Waals surface area contributed by atoms with Crippen LogP contribution in [0.2, 0.25) is 0 Å². The zero-order valence-electron chi connectivity index (χ0n) is 42.0. The predicted molar refractivity (Wildman–Crippen MR) is 266 cm³/mol. The number of nitrogens with zero attached hydrogens (tertiary/aromatic N) is 1. The second kappa shape index (κ2) is 48.5. The molecule has 0 rings (SSSR count). The molecule has 364 valence electrons. The van der Waals surface area contributed by atoms with Gasteiger partial charge >= 0.3 is 11.9 Å². The molecule has 2 atom stereocenters. The first-order valence-electron chi connectivity index (χ1n) is 26.6. The summed E-state index contributed by atoms with van der Waals surface area (Å²) in [5.74, 6) is -0.114. The van der Waals surface area contributed by atoms with Crippen molar-refractivity contribution >= 4 is 11.9 Å². The lowest BCUT2D eigenvalue weighted by Crippen LogP contribution is -2.20. The number of hydrogen-bond donors (Lipinski definition) is 0. The van der Waals surface area contributed by atoms with Crippen molar-refractivity contribution in [3.8, 4) is 0 Å². The van der Waals surface area contributed by atoms with Gasteiger partial charge in [-0.1, -0.05) is 173 Å². The zero-order chi connectivity index (χ0) is 45.4. The second-order valence-corrected chi connectivity index (χ2v) is 18.3. The van der Waals surface area contributed by atoms with Crippen LogP contribution in [-0.4, -0.2) is 69.2 Å². The first kappa shape index (κ1) is 60.0. The van der Waals surface area contributed by atoms with Crippen LogP contribution in [0.3, 0.4) is 0 Å². The maximum Gasteiger partial charge on any atom is 0.306 e. The molecule has 0 radical (unpaired) electrons. The Morgan fingerprint density at radius 1 is 0.452 bits per heavy atom. The van der Waals surface area contributed by atoms with Gasteiger partial charge in [0.05, 0.1) is 13.2 Å². The lowest BCUT2D eigenvalue weighted by Gasteiger charge is -2.19. The molecule has 0 aromatic carbocycles. The number of carbonyl (C=O) groups excluding carboxylic acids is 2. The maximum atomic E-state index is 12.7. The molecule has 0 fully saturated rings. The fourth-order valence-electron chi connectivity index (χ4n) is 7.71. The number of rotatable bonds is 48. The van der Waals surface area contributed by atoms with E-state index in [4.69, 9.17) is 18.9 Å². The van der Waals surface area contributed by atoms with E-state index in [1.54, 1.807) is 0 Å². The van der Waals surface area contributed by atoms with Crippen LogP contribution in [0.25, 0.3) is 0 Å². The van der Waals surface area contributed by atoms with E-state index in [1.165, 1.54) is 128 Å². The number of hydrogen-bond acceptors (Lipinski definition) is 7. The Bertz CT molecular complexity index is 1010. The summed E-state index contributed by atoms with van der Waals surface area (Å²) >= 11 is 0. The van der Waals surface area contributed by atoms with Crippen molar-refractivity contribution < 1.29 is 28.5 Å². The van der Waals surface area contributed by atoms with Gasteiger partial charge in [-0.25, -0.2) is 0 Å². The minimum atomic E-state index is -0.138. The van der Waals surface area contributed by atoms with Gasteiger partial charge in [0.25, 0.3) is 0 Å². The Morgan fingerprint density at radius 3 is 1.34 bits per heavy atom. The number of carbonyl (C=O) groups is 2. The number of allylic oxidation sites excluding steroid dienone is 3. The van der Waals surface area contributed by atoms with Gasteiger partial charge in [-0.05, 0) is 124 Å². The number of ether oxygens (including phenoxy) is 4. The Balaban J connectivity index is 4.43. The van der Waals surface area contributed by atoms with Gasteiger partial charge in [0, 0.05) is 12.8 Å². The third-order valence-corrected chi connectivity index (χ3v) is 11.6. The minimum Gasteiger partial charge on any atom is -0.462 e. The van der Waals surface area contributed by atoms with E-state index in [9.17, 15) is 9.59 Å². The molecule has 0 saturated heterocycles. The van der Waals surface area contributed by atoms with Crippen molar-refractivity contribution in [2.45, 2.75) is 271 Å². The average Bonchev–Trinajstić information content (AvgIpc) is 3.24. The average molecular weight is 874 g/mol. The fourth-order valence-corrected chi connectivity index (χ4v) is 7.71.